The molecule has 1 aliphatic heterocycles. The maximum atomic E-state index is 13.5. The van der Waals surface area contributed by atoms with Crippen molar-refractivity contribution in [2.75, 3.05) is 32.8 Å². The first kappa shape index (κ1) is 27.3. The second kappa shape index (κ2) is 13.1. The maximum absolute atomic E-state index is 13.5. The number of likely N-dealkylation sites (tertiary alicyclic amines) is 1. The number of para-hydroxylation sites is 1. The lowest BCUT2D eigenvalue weighted by Gasteiger charge is -2.32. The normalized spacial score (nSPS) is 17.2. The number of nitrogens with zero attached hydrogens (tertiary/aromatic N) is 2. The van der Waals surface area contributed by atoms with Gasteiger partial charge in [0.2, 0.25) is 10.0 Å². The molecule has 0 spiro atoms. The van der Waals surface area contributed by atoms with Gasteiger partial charge in [0.25, 0.3) is 0 Å². The third-order valence-corrected chi connectivity index (χ3v) is 8.86. The number of piperidine rings is 1. The van der Waals surface area contributed by atoms with E-state index in [-0.39, 0.29) is 17.3 Å². The summed E-state index contributed by atoms with van der Waals surface area (Å²) < 4.78 is 34.8. The van der Waals surface area contributed by atoms with Crippen LogP contribution in [0, 0.1) is 5.92 Å². The van der Waals surface area contributed by atoms with E-state index in [4.69, 9.17) is 16.3 Å². The zero-order valence-corrected chi connectivity index (χ0v) is 22.1. The van der Waals surface area contributed by atoms with Gasteiger partial charge in [-0.05, 0) is 81.4 Å². The van der Waals surface area contributed by atoms with Crippen LogP contribution in [0.15, 0.2) is 53.4 Å². The van der Waals surface area contributed by atoms with Gasteiger partial charge in [0, 0.05) is 30.2 Å². The van der Waals surface area contributed by atoms with Gasteiger partial charge in [-0.15, -0.1) is 12.4 Å². The van der Waals surface area contributed by atoms with E-state index in [0.29, 0.717) is 30.6 Å². The first-order chi connectivity index (χ1) is 16.0. The molecule has 34 heavy (non-hydrogen) atoms. The summed E-state index contributed by atoms with van der Waals surface area (Å²) in [6.07, 6.45) is 8.25. The zero-order valence-electron chi connectivity index (χ0n) is 19.7. The lowest BCUT2D eigenvalue weighted by atomic mass is 9.85. The van der Waals surface area contributed by atoms with E-state index < -0.39 is 10.0 Å². The highest BCUT2D eigenvalue weighted by atomic mass is 35.5. The van der Waals surface area contributed by atoms with Gasteiger partial charge in [0.05, 0.1) is 11.5 Å². The SMILES string of the molecule is Cl.O=S(=O)(c1ccc(Cl)cc1)N(Cc1ccccc1OCCCN1CCCCC1)CC1CCC1. The van der Waals surface area contributed by atoms with Crippen LogP contribution in [0.25, 0.3) is 0 Å². The highest BCUT2D eigenvalue weighted by Crippen LogP contribution is 2.31. The topological polar surface area (TPSA) is 49.9 Å². The molecule has 5 nitrogen and oxygen atoms in total. The Morgan fingerprint density at radius 2 is 1.68 bits per heavy atom. The quantitative estimate of drug-likeness (QED) is 0.336. The Morgan fingerprint density at radius 3 is 2.35 bits per heavy atom. The van der Waals surface area contributed by atoms with E-state index in [9.17, 15) is 8.42 Å². The summed E-state index contributed by atoms with van der Waals surface area (Å²) in [7, 11) is -3.63. The van der Waals surface area contributed by atoms with Crippen LogP contribution < -0.4 is 4.74 Å². The van der Waals surface area contributed by atoms with Crippen molar-refractivity contribution in [2.45, 2.75) is 56.4 Å². The number of ether oxygens (including phenoxy) is 1. The van der Waals surface area contributed by atoms with Gasteiger partial charge in [-0.2, -0.15) is 4.31 Å². The van der Waals surface area contributed by atoms with Crippen LogP contribution in [-0.4, -0.2) is 50.4 Å². The van der Waals surface area contributed by atoms with E-state index >= 15 is 0 Å². The molecule has 0 radical (unpaired) electrons. The van der Waals surface area contributed by atoms with E-state index in [1.807, 2.05) is 24.3 Å². The highest BCUT2D eigenvalue weighted by molar-refractivity contribution is 7.89. The molecule has 2 aromatic rings. The van der Waals surface area contributed by atoms with E-state index in [0.717, 1.165) is 37.1 Å². The number of hydrogen-bond donors (Lipinski definition) is 0. The van der Waals surface area contributed by atoms with Crippen molar-refractivity contribution in [2.24, 2.45) is 5.92 Å². The molecule has 1 heterocycles. The van der Waals surface area contributed by atoms with Gasteiger partial charge in [-0.1, -0.05) is 42.6 Å². The van der Waals surface area contributed by atoms with Gasteiger partial charge in [0.15, 0.2) is 0 Å². The Balaban J connectivity index is 0.00000324. The number of benzene rings is 2. The zero-order chi connectivity index (χ0) is 23.1. The van der Waals surface area contributed by atoms with Crippen LogP contribution in [0.2, 0.25) is 5.02 Å². The average Bonchev–Trinajstić information content (AvgIpc) is 2.80. The van der Waals surface area contributed by atoms with Crippen LogP contribution in [-0.2, 0) is 16.6 Å². The summed E-state index contributed by atoms with van der Waals surface area (Å²) in [5.74, 6) is 1.20. The molecule has 0 bridgehead atoms. The molecule has 0 N–H and O–H groups in total. The average molecular weight is 528 g/mol. The van der Waals surface area contributed by atoms with Gasteiger partial charge in [0.1, 0.15) is 5.75 Å². The third-order valence-electron chi connectivity index (χ3n) is 6.78. The second-order valence-electron chi connectivity index (χ2n) is 9.26. The minimum absolute atomic E-state index is 0. The highest BCUT2D eigenvalue weighted by Gasteiger charge is 2.30. The molecular formula is C26H36Cl2N2O3S. The molecule has 4 rings (SSSR count). The Kier molecular flexibility index (Phi) is 10.5. The molecule has 0 amide bonds. The Morgan fingerprint density at radius 1 is 0.971 bits per heavy atom. The van der Waals surface area contributed by atoms with Gasteiger partial charge >= 0.3 is 0 Å². The van der Waals surface area contributed by atoms with Crippen LogP contribution in [0.1, 0.15) is 50.5 Å². The third kappa shape index (κ3) is 7.34. The molecule has 2 aromatic carbocycles. The van der Waals surface area contributed by atoms with Crippen LogP contribution in [0.4, 0.5) is 0 Å². The largest absolute Gasteiger partial charge is 0.493 e. The summed E-state index contributed by atoms with van der Waals surface area (Å²) in [5.41, 5.74) is 0.910. The molecule has 1 saturated carbocycles. The molecule has 2 aliphatic rings. The molecule has 8 heteroatoms. The first-order valence-electron chi connectivity index (χ1n) is 12.2. The number of halogens is 2. The summed E-state index contributed by atoms with van der Waals surface area (Å²) in [6.45, 7) is 4.92. The fourth-order valence-corrected chi connectivity index (χ4v) is 6.21. The number of rotatable bonds is 11. The van der Waals surface area contributed by atoms with Crippen LogP contribution in [0.5, 0.6) is 5.75 Å². The van der Waals surface area contributed by atoms with Crippen molar-refractivity contribution in [1.29, 1.82) is 0 Å². The molecule has 0 aromatic heterocycles. The summed E-state index contributed by atoms with van der Waals surface area (Å²) >= 11 is 5.99. The van der Waals surface area contributed by atoms with E-state index in [1.165, 1.54) is 38.8 Å². The molecule has 0 unspecified atom stereocenters. The van der Waals surface area contributed by atoms with Crippen molar-refractivity contribution in [3.63, 3.8) is 0 Å². The first-order valence-corrected chi connectivity index (χ1v) is 14.0. The van der Waals surface area contributed by atoms with Crippen molar-refractivity contribution in [3.05, 3.63) is 59.1 Å². The van der Waals surface area contributed by atoms with Gasteiger partial charge in [-0.25, -0.2) is 8.42 Å². The predicted molar refractivity (Wildman–Crippen MR) is 140 cm³/mol. The molecular weight excluding hydrogens is 491 g/mol. The van der Waals surface area contributed by atoms with Crippen LogP contribution in [0.3, 0.4) is 0 Å². The van der Waals surface area contributed by atoms with Crippen LogP contribution >= 0.6 is 24.0 Å². The smallest absolute Gasteiger partial charge is 0.243 e. The standard InChI is InChI=1S/C26H35ClN2O3S.ClH/c27-24-12-14-25(15-13-24)33(30,31)29(20-22-8-6-9-22)21-23-10-2-3-11-26(23)32-19-7-18-28-16-4-1-5-17-28;/h2-3,10-15,22H,1,4-9,16-21H2;1H. The van der Waals surface area contributed by atoms with Crippen molar-refractivity contribution >= 4 is 34.0 Å². The molecule has 1 aliphatic carbocycles. The molecule has 188 valence electrons. The fourth-order valence-electron chi connectivity index (χ4n) is 4.59. The van der Waals surface area contributed by atoms with Crippen molar-refractivity contribution < 1.29 is 13.2 Å². The van der Waals surface area contributed by atoms with Gasteiger partial charge < -0.3 is 9.64 Å². The fraction of sp³-hybridized carbons (Fsp3) is 0.538. The van der Waals surface area contributed by atoms with Crippen molar-refractivity contribution in [3.8, 4) is 5.75 Å². The summed E-state index contributed by atoms with van der Waals surface area (Å²) in [6, 6.07) is 14.3. The Labute approximate surface area is 215 Å². The summed E-state index contributed by atoms with van der Waals surface area (Å²) in [4.78, 5) is 2.80. The Hall–Kier alpha value is -1.31. The molecule has 2 fully saturated rings. The van der Waals surface area contributed by atoms with Crippen molar-refractivity contribution in [1.82, 2.24) is 9.21 Å². The van der Waals surface area contributed by atoms with E-state index in [2.05, 4.69) is 4.90 Å². The maximum Gasteiger partial charge on any atom is 0.243 e. The Bertz CT molecular complexity index is 991. The summed E-state index contributed by atoms with van der Waals surface area (Å²) in [5, 5.41) is 0.530. The second-order valence-corrected chi connectivity index (χ2v) is 11.6. The monoisotopic (exact) mass is 526 g/mol. The molecule has 0 atom stereocenters. The number of hydrogen-bond acceptors (Lipinski definition) is 4. The minimum Gasteiger partial charge on any atom is -0.493 e. The number of sulfonamides is 1. The van der Waals surface area contributed by atoms with Gasteiger partial charge in [-0.3, -0.25) is 0 Å². The lowest BCUT2D eigenvalue weighted by Crippen LogP contribution is -2.37. The predicted octanol–water partition coefficient (Wildman–Crippen LogP) is 6.01. The minimum atomic E-state index is -3.63. The van der Waals surface area contributed by atoms with E-state index in [1.54, 1.807) is 28.6 Å². The molecule has 1 saturated heterocycles. The lowest BCUT2D eigenvalue weighted by molar-refractivity contribution is 0.203.